The number of carbonyl (C=O) groups is 2. The summed E-state index contributed by atoms with van der Waals surface area (Å²) in [4.78, 5) is 25.4. The van der Waals surface area contributed by atoms with Crippen molar-refractivity contribution in [2.75, 3.05) is 0 Å². The van der Waals surface area contributed by atoms with Crippen LogP contribution in [0.1, 0.15) is 32.3 Å². The van der Waals surface area contributed by atoms with E-state index >= 15 is 0 Å². The fraction of sp³-hybridized carbons (Fsp3) is 0.429. The van der Waals surface area contributed by atoms with E-state index in [1.807, 2.05) is 44.2 Å². The van der Waals surface area contributed by atoms with Crippen molar-refractivity contribution in [3.63, 3.8) is 0 Å². The Kier molecular flexibility index (Phi) is 6.40. The van der Waals surface area contributed by atoms with Crippen LogP contribution in [-0.4, -0.2) is 25.1 Å². The van der Waals surface area contributed by atoms with E-state index in [-0.39, 0.29) is 11.8 Å². The van der Waals surface area contributed by atoms with Crippen molar-refractivity contribution in [2.24, 2.45) is 5.41 Å². The molecule has 0 aliphatic carbocycles. The van der Waals surface area contributed by atoms with Gasteiger partial charge in [0, 0.05) is 27.8 Å². The highest BCUT2D eigenvalue weighted by molar-refractivity contribution is 8.31. The van der Waals surface area contributed by atoms with E-state index in [2.05, 4.69) is 21.4 Å². The van der Waals surface area contributed by atoms with Gasteiger partial charge in [0.05, 0.1) is 12.0 Å². The molecule has 1 unspecified atom stereocenters. The van der Waals surface area contributed by atoms with Gasteiger partial charge in [-0.1, -0.05) is 44.2 Å². The average Bonchev–Trinajstić information content (AvgIpc) is 2.63. The number of nitrogens with zero attached hydrogens (tertiary/aromatic N) is 1. The maximum Gasteiger partial charge on any atom is 0.317 e. The van der Waals surface area contributed by atoms with Crippen LogP contribution in [0.3, 0.4) is 0 Å². The second-order valence-corrected chi connectivity index (χ2v) is 8.91. The van der Waals surface area contributed by atoms with Crippen LogP contribution in [-0.2, 0) is 24.4 Å². The Hall–Kier alpha value is -1.11. The standard InChI is InChI=1S/C14H17NO2.Cl2O2S/c1-3-14(2)9-12(16)15(13(14)17)10-11-7-5-4-6-8-11;1-5(2,3)4/h4-8H,3,9-10H2,1-2H3;. The molecule has 22 heavy (non-hydrogen) atoms. The van der Waals surface area contributed by atoms with Crippen molar-refractivity contribution < 1.29 is 18.0 Å². The molecule has 0 N–H and O–H groups in total. The molecular weight excluding hydrogens is 349 g/mol. The van der Waals surface area contributed by atoms with Crippen LogP contribution < -0.4 is 0 Å². The summed E-state index contributed by atoms with van der Waals surface area (Å²) in [5.41, 5.74) is 0.501. The van der Waals surface area contributed by atoms with Crippen LogP contribution in [0.15, 0.2) is 30.3 Å². The molecule has 1 aromatic carbocycles. The highest BCUT2D eigenvalue weighted by atomic mass is 36.0. The summed E-state index contributed by atoms with van der Waals surface area (Å²) in [6.07, 6.45) is 1.05. The summed E-state index contributed by atoms with van der Waals surface area (Å²) >= 11 is 0. The van der Waals surface area contributed by atoms with E-state index in [0.717, 1.165) is 5.56 Å². The van der Waals surface area contributed by atoms with E-state index < -0.39 is 13.7 Å². The average molecular weight is 366 g/mol. The van der Waals surface area contributed by atoms with Crippen molar-refractivity contribution in [2.45, 2.75) is 33.2 Å². The molecule has 5 nitrogen and oxygen atoms in total. The minimum atomic E-state index is -3.72. The molecular formula is C14H17Cl2NO4S. The van der Waals surface area contributed by atoms with E-state index in [9.17, 15) is 9.59 Å². The third-order valence-electron chi connectivity index (χ3n) is 3.57. The molecule has 2 rings (SSSR count). The van der Waals surface area contributed by atoms with Crippen molar-refractivity contribution >= 4 is 41.4 Å². The number of hydrogen-bond donors (Lipinski definition) is 0. The number of halogens is 2. The summed E-state index contributed by atoms with van der Waals surface area (Å²) in [5.74, 6) is -0.0861. The van der Waals surface area contributed by atoms with Crippen LogP contribution >= 0.6 is 21.4 Å². The fourth-order valence-corrected chi connectivity index (χ4v) is 2.15. The topological polar surface area (TPSA) is 71.5 Å². The first-order chi connectivity index (χ1) is 10.1. The highest BCUT2D eigenvalue weighted by Gasteiger charge is 2.46. The first-order valence-electron chi connectivity index (χ1n) is 6.60. The predicted molar refractivity (Wildman–Crippen MR) is 85.6 cm³/mol. The largest absolute Gasteiger partial charge is 0.317 e. The molecule has 1 aliphatic heterocycles. The molecule has 122 valence electrons. The monoisotopic (exact) mass is 365 g/mol. The van der Waals surface area contributed by atoms with Gasteiger partial charge in [0.15, 0.2) is 0 Å². The van der Waals surface area contributed by atoms with Gasteiger partial charge < -0.3 is 0 Å². The number of imide groups is 1. The molecule has 1 saturated heterocycles. The Morgan fingerprint density at radius 2 is 1.68 bits per heavy atom. The zero-order valence-electron chi connectivity index (χ0n) is 12.3. The van der Waals surface area contributed by atoms with E-state index in [0.29, 0.717) is 19.4 Å². The second-order valence-electron chi connectivity index (χ2n) is 5.24. The molecule has 1 atom stereocenters. The molecule has 2 amide bonds. The van der Waals surface area contributed by atoms with Crippen molar-refractivity contribution in [1.29, 1.82) is 0 Å². The first kappa shape index (κ1) is 18.9. The molecule has 0 radical (unpaired) electrons. The number of benzene rings is 1. The van der Waals surface area contributed by atoms with Gasteiger partial charge in [0.1, 0.15) is 0 Å². The molecule has 0 saturated carbocycles. The summed E-state index contributed by atoms with van der Waals surface area (Å²) in [5, 5.41) is 0. The summed E-state index contributed by atoms with van der Waals surface area (Å²) in [6, 6.07) is 9.62. The Bertz CT molecular complexity index is 640. The molecule has 1 aliphatic rings. The van der Waals surface area contributed by atoms with Gasteiger partial charge in [-0.15, -0.1) is 0 Å². The number of hydrogen-bond acceptors (Lipinski definition) is 4. The Labute approximate surface area is 139 Å². The molecule has 0 spiro atoms. The lowest BCUT2D eigenvalue weighted by atomic mass is 9.86. The molecule has 1 fully saturated rings. The second kappa shape index (κ2) is 7.44. The lowest BCUT2D eigenvalue weighted by Crippen LogP contribution is -2.33. The lowest BCUT2D eigenvalue weighted by molar-refractivity contribution is -0.141. The molecule has 0 bridgehead atoms. The molecule has 0 aromatic heterocycles. The van der Waals surface area contributed by atoms with Crippen molar-refractivity contribution in [3.8, 4) is 0 Å². The fourth-order valence-electron chi connectivity index (χ4n) is 2.15. The normalized spacial score (nSPS) is 21.5. The SMILES string of the molecule is CCC1(C)CC(=O)N(Cc2ccccc2)C1=O.O=S(=O)(Cl)Cl. The third-order valence-corrected chi connectivity index (χ3v) is 3.57. The van der Waals surface area contributed by atoms with E-state index in [1.165, 1.54) is 4.90 Å². The minimum absolute atomic E-state index is 0.0335. The Balaban J connectivity index is 0.000000422. The van der Waals surface area contributed by atoms with Crippen LogP contribution in [0.25, 0.3) is 0 Å². The Morgan fingerprint density at radius 1 is 1.18 bits per heavy atom. The van der Waals surface area contributed by atoms with Crippen LogP contribution in [0, 0.1) is 5.41 Å². The highest BCUT2D eigenvalue weighted by Crippen LogP contribution is 2.36. The minimum Gasteiger partial charge on any atom is -0.278 e. The van der Waals surface area contributed by atoms with Gasteiger partial charge in [0.25, 0.3) is 0 Å². The van der Waals surface area contributed by atoms with Crippen molar-refractivity contribution in [3.05, 3.63) is 35.9 Å². The van der Waals surface area contributed by atoms with Gasteiger partial charge >= 0.3 is 8.26 Å². The van der Waals surface area contributed by atoms with Crippen LogP contribution in [0.5, 0.6) is 0 Å². The summed E-state index contributed by atoms with van der Waals surface area (Å²) < 4.78 is 18.3. The quantitative estimate of drug-likeness (QED) is 0.609. The lowest BCUT2D eigenvalue weighted by Gasteiger charge is -2.20. The summed E-state index contributed by atoms with van der Waals surface area (Å²) in [7, 11) is 4.81. The van der Waals surface area contributed by atoms with Gasteiger partial charge in [0.2, 0.25) is 11.8 Å². The van der Waals surface area contributed by atoms with Gasteiger partial charge in [-0.3, -0.25) is 14.5 Å². The predicted octanol–water partition coefficient (Wildman–Crippen LogP) is 3.07. The van der Waals surface area contributed by atoms with Gasteiger partial charge in [-0.2, -0.15) is 8.42 Å². The zero-order chi connectivity index (χ0) is 17.0. The van der Waals surface area contributed by atoms with Crippen LogP contribution in [0.2, 0.25) is 0 Å². The molecule has 1 heterocycles. The number of amides is 2. The summed E-state index contributed by atoms with van der Waals surface area (Å²) in [6.45, 7) is 4.23. The van der Waals surface area contributed by atoms with E-state index in [4.69, 9.17) is 8.42 Å². The molecule has 1 aromatic rings. The number of likely N-dealkylation sites (tertiary alicyclic amines) is 1. The number of carbonyl (C=O) groups excluding carboxylic acids is 2. The van der Waals surface area contributed by atoms with Gasteiger partial charge in [-0.05, 0) is 12.0 Å². The number of rotatable bonds is 3. The molecule has 8 heteroatoms. The maximum absolute atomic E-state index is 12.2. The van der Waals surface area contributed by atoms with E-state index in [1.54, 1.807) is 0 Å². The smallest absolute Gasteiger partial charge is 0.278 e. The van der Waals surface area contributed by atoms with Crippen molar-refractivity contribution in [1.82, 2.24) is 4.90 Å². The third kappa shape index (κ3) is 5.59. The van der Waals surface area contributed by atoms with Gasteiger partial charge in [-0.25, -0.2) is 0 Å². The first-order valence-corrected chi connectivity index (χ1v) is 9.73. The Morgan fingerprint density at radius 3 is 2.09 bits per heavy atom. The van der Waals surface area contributed by atoms with Crippen LogP contribution in [0.4, 0.5) is 0 Å². The maximum atomic E-state index is 12.2. The zero-order valence-corrected chi connectivity index (χ0v) is 14.6.